The molecule has 0 aliphatic heterocycles. The fourth-order valence-corrected chi connectivity index (χ4v) is 4.27. The van der Waals surface area contributed by atoms with Crippen LogP contribution in [0.1, 0.15) is 53.4 Å². The zero-order chi connectivity index (χ0) is 8.98. The summed E-state index contributed by atoms with van der Waals surface area (Å²) in [6, 6.07) is 0. The van der Waals surface area contributed by atoms with Crippen LogP contribution in [-0.2, 0) is 0 Å². The molecule has 1 spiro atoms. The molecule has 0 radical (unpaired) electrons. The molecule has 12 heavy (non-hydrogen) atoms. The maximum absolute atomic E-state index is 2.52. The van der Waals surface area contributed by atoms with Crippen molar-refractivity contribution in [1.82, 2.24) is 0 Å². The summed E-state index contributed by atoms with van der Waals surface area (Å²) >= 11 is 0. The van der Waals surface area contributed by atoms with Crippen molar-refractivity contribution >= 4 is 0 Å². The fourth-order valence-electron chi connectivity index (χ4n) is 4.27. The van der Waals surface area contributed by atoms with Gasteiger partial charge in [-0.25, -0.2) is 0 Å². The van der Waals surface area contributed by atoms with E-state index in [9.17, 15) is 0 Å². The summed E-state index contributed by atoms with van der Waals surface area (Å²) in [4.78, 5) is 0. The Morgan fingerprint density at radius 1 is 1.17 bits per heavy atom. The second kappa shape index (κ2) is 2.27. The van der Waals surface area contributed by atoms with Crippen LogP contribution in [0.3, 0.4) is 0 Å². The van der Waals surface area contributed by atoms with Gasteiger partial charge in [-0.05, 0) is 35.5 Å². The molecule has 2 aliphatic rings. The molecular weight excluding hydrogens is 144 g/mol. The molecule has 0 saturated heterocycles. The molecule has 0 aromatic rings. The fraction of sp³-hybridized carbons (Fsp3) is 1.00. The molecule has 2 fully saturated rings. The molecule has 0 heteroatoms. The topological polar surface area (TPSA) is 0 Å². The largest absolute Gasteiger partial charge is 0.0651 e. The van der Waals surface area contributed by atoms with Crippen molar-refractivity contribution in [2.75, 3.05) is 0 Å². The number of rotatable bonds is 3. The van der Waals surface area contributed by atoms with Crippen molar-refractivity contribution in [2.24, 2.45) is 22.7 Å². The van der Waals surface area contributed by atoms with Crippen molar-refractivity contribution < 1.29 is 0 Å². The first-order valence-electron chi connectivity index (χ1n) is 5.67. The number of hydrogen-bond donors (Lipinski definition) is 0. The lowest BCUT2D eigenvalue weighted by atomic mass is 9.99. The van der Waals surface area contributed by atoms with E-state index in [0.29, 0.717) is 0 Å². The Labute approximate surface area is 76.7 Å². The van der Waals surface area contributed by atoms with Gasteiger partial charge >= 0.3 is 0 Å². The van der Waals surface area contributed by atoms with Crippen molar-refractivity contribution in [1.29, 1.82) is 0 Å². The van der Waals surface area contributed by atoms with Crippen molar-refractivity contribution in [2.45, 2.75) is 53.4 Å². The van der Waals surface area contributed by atoms with Crippen LogP contribution in [0.4, 0.5) is 0 Å². The third-order valence-electron chi connectivity index (χ3n) is 5.16. The highest BCUT2D eigenvalue weighted by Gasteiger charge is 2.81. The van der Waals surface area contributed by atoms with Gasteiger partial charge in [0.15, 0.2) is 0 Å². The summed E-state index contributed by atoms with van der Waals surface area (Å²) in [5.74, 6) is 2.16. The van der Waals surface area contributed by atoms with Crippen LogP contribution >= 0.6 is 0 Å². The van der Waals surface area contributed by atoms with E-state index in [1.807, 2.05) is 0 Å². The van der Waals surface area contributed by atoms with Crippen molar-refractivity contribution in [3.63, 3.8) is 0 Å². The van der Waals surface area contributed by atoms with E-state index < -0.39 is 0 Å². The third kappa shape index (κ3) is 0.661. The average Bonchev–Trinajstić information content (AvgIpc) is 2.92. The SMILES string of the molecule is CCC1CC12C(CC)C2(C)CC. The zero-order valence-electron chi connectivity index (χ0n) is 8.98. The number of hydrogen-bond acceptors (Lipinski definition) is 0. The highest BCUT2D eigenvalue weighted by atomic mass is 14.9. The molecule has 2 aliphatic carbocycles. The Hall–Kier alpha value is 0. The standard InChI is InChI=1S/C12H22/c1-5-9-8-12(9)10(6-2)11(12,4)7-3/h9-10H,5-8H2,1-4H3. The monoisotopic (exact) mass is 166 g/mol. The maximum atomic E-state index is 2.52. The molecule has 4 atom stereocenters. The molecule has 0 N–H and O–H groups in total. The summed E-state index contributed by atoms with van der Waals surface area (Å²) in [5.41, 5.74) is 1.58. The Balaban J connectivity index is 2.11. The Morgan fingerprint density at radius 2 is 1.83 bits per heavy atom. The molecule has 2 rings (SSSR count). The van der Waals surface area contributed by atoms with Crippen LogP contribution in [0.2, 0.25) is 0 Å². The van der Waals surface area contributed by atoms with Gasteiger partial charge in [0, 0.05) is 0 Å². The summed E-state index contributed by atoms with van der Waals surface area (Å²) in [5, 5.41) is 0. The van der Waals surface area contributed by atoms with Crippen molar-refractivity contribution in [3.05, 3.63) is 0 Å². The smallest absolute Gasteiger partial charge is 0.0176 e. The molecule has 4 unspecified atom stereocenters. The quantitative estimate of drug-likeness (QED) is 0.597. The van der Waals surface area contributed by atoms with E-state index in [1.54, 1.807) is 6.42 Å². The summed E-state index contributed by atoms with van der Waals surface area (Å²) in [7, 11) is 0. The van der Waals surface area contributed by atoms with E-state index in [0.717, 1.165) is 22.7 Å². The lowest BCUT2D eigenvalue weighted by molar-refractivity contribution is 0.437. The Kier molecular flexibility index (Phi) is 1.63. The van der Waals surface area contributed by atoms with Crippen molar-refractivity contribution in [3.8, 4) is 0 Å². The normalized spacial score (nSPS) is 56.0. The van der Waals surface area contributed by atoms with Gasteiger partial charge in [0.05, 0.1) is 0 Å². The van der Waals surface area contributed by atoms with Gasteiger partial charge in [-0.1, -0.05) is 40.5 Å². The highest BCUT2D eigenvalue weighted by molar-refractivity contribution is 5.29. The summed E-state index contributed by atoms with van der Waals surface area (Å²) in [6.45, 7) is 9.64. The minimum Gasteiger partial charge on any atom is -0.0651 e. The first-order chi connectivity index (χ1) is 5.67. The summed E-state index contributed by atoms with van der Waals surface area (Å²) < 4.78 is 0. The summed E-state index contributed by atoms with van der Waals surface area (Å²) in [6.07, 6.45) is 5.79. The molecule has 0 aromatic heterocycles. The van der Waals surface area contributed by atoms with Crippen LogP contribution in [0.25, 0.3) is 0 Å². The molecule has 0 heterocycles. The second-order valence-electron chi connectivity index (χ2n) is 5.08. The molecule has 0 amide bonds. The molecule has 0 nitrogen and oxygen atoms in total. The van der Waals surface area contributed by atoms with Gasteiger partial charge in [0.1, 0.15) is 0 Å². The van der Waals surface area contributed by atoms with E-state index in [4.69, 9.17) is 0 Å². The molecule has 0 aromatic carbocycles. The lowest BCUT2D eigenvalue weighted by Crippen LogP contribution is -1.97. The first kappa shape index (κ1) is 8.59. The molecule has 2 saturated carbocycles. The average molecular weight is 166 g/mol. The second-order valence-corrected chi connectivity index (χ2v) is 5.08. The van der Waals surface area contributed by atoms with Gasteiger partial charge in [-0.2, -0.15) is 0 Å². The van der Waals surface area contributed by atoms with E-state index >= 15 is 0 Å². The van der Waals surface area contributed by atoms with Crippen LogP contribution in [-0.4, -0.2) is 0 Å². The first-order valence-corrected chi connectivity index (χ1v) is 5.67. The van der Waals surface area contributed by atoms with Crippen LogP contribution in [0, 0.1) is 22.7 Å². The van der Waals surface area contributed by atoms with Gasteiger partial charge in [0.2, 0.25) is 0 Å². The lowest BCUT2D eigenvalue weighted by Gasteiger charge is -2.06. The van der Waals surface area contributed by atoms with E-state index in [1.165, 1.54) is 19.3 Å². The minimum absolute atomic E-state index is 0.739. The van der Waals surface area contributed by atoms with E-state index in [2.05, 4.69) is 27.7 Å². The molecular formula is C12H22. The van der Waals surface area contributed by atoms with Gasteiger partial charge in [0.25, 0.3) is 0 Å². The van der Waals surface area contributed by atoms with Gasteiger partial charge in [-0.3, -0.25) is 0 Å². The molecule has 70 valence electrons. The Bertz CT molecular complexity index is 196. The predicted octanol–water partition coefficient (Wildman–Crippen LogP) is 3.86. The van der Waals surface area contributed by atoms with Gasteiger partial charge < -0.3 is 0 Å². The van der Waals surface area contributed by atoms with Crippen LogP contribution in [0.15, 0.2) is 0 Å². The zero-order valence-corrected chi connectivity index (χ0v) is 8.98. The highest BCUT2D eigenvalue weighted by Crippen LogP contribution is 2.87. The van der Waals surface area contributed by atoms with Crippen LogP contribution in [0.5, 0.6) is 0 Å². The van der Waals surface area contributed by atoms with Crippen LogP contribution < -0.4 is 0 Å². The van der Waals surface area contributed by atoms with E-state index in [-0.39, 0.29) is 0 Å². The maximum Gasteiger partial charge on any atom is -0.0176 e. The minimum atomic E-state index is 0.739. The molecule has 0 bridgehead atoms. The Morgan fingerprint density at radius 3 is 2.08 bits per heavy atom. The van der Waals surface area contributed by atoms with Gasteiger partial charge in [-0.15, -0.1) is 0 Å². The predicted molar refractivity (Wildman–Crippen MR) is 53.0 cm³/mol. The third-order valence-corrected chi connectivity index (χ3v) is 5.16.